The van der Waals surface area contributed by atoms with Crippen LogP contribution < -0.4 is 4.90 Å². The molecule has 0 N–H and O–H groups in total. The first-order valence-electron chi connectivity index (χ1n) is 10.6. The highest BCUT2D eigenvalue weighted by molar-refractivity contribution is 7.14. The fourth-order valence-electron chi connectivity index (χ4n) is 4.16. The topological polar surface area (TPSA) is 72.4 Å². The number of amides is 1. The van der Waals surface area contributed by atoms with Crippen LogP contribution in [0.15, 0.2) is 53.9 Å². The molecule has 0 saturated carbocycles. The molecule has 0 aliphatic heterocycles. The van der Waals surface area contributed by atoms with Gasteiger partial charge in [0.2, 0.25) is 5.91 Å². The number of nitrogens with zero attached hydrogens (tertiary/aromatic N) is 3. The molecule has 2 aromatic heterocycles. The van der Waals surface area contributed by atoms with E-state index in [2.05, 4.69) is 4.98 Å². The average molecular weight is 462 g/mol. The third-order valence-electron chi connectivity index (χ3n) is 5.61. The SMILES string of the molecule is CC(=O)N(c1nc(COC(=O)c2c3c(nc4ccccc24)CCC3)cs1)c1ccccc1F. The lowest BCUT2D eigenvalue weighted by molar-refractivity contribution is -0.115. The van der Waals surface area contributed by atoms with Crippen LogP contribution in [0, 0.1) is 5.82 Å². The van der Waals surface area contributed by atoms with Gasteiger partial charge in [-0.1, -0.05) is 30.3 Å². The Morgan fingerprint density at radius 3 is 2.70 bits per heavy atom. The molecule has 2 aromatic carbocycles. The van der Waals surface area contributed by atoms with E-state index in [4.69, 9.17) is 9.72 Å². The van der Waals surface area contributed by atoms with Gasteiger partial charge in [0.1, 0.15) is 12.4 Å². The highest BCUT2D eigenvalue weighted by atomic mass is 32.1. The van der Waals surface area contributed by atoms with Crippen molar-refractivity contribution in [2.24, 2.45) is 0 Å². The van der Waals surface area contributed by atoms with Crippen molar-refractivity contribution in [1.29, 1.82) is 0 Å². The summed E-state index contributed by atoms with van der Waals surface area (Å²) in [5.41, 5.74) is 3.88. The summed E-state index contributed by atoms with van der Waals surface area (Å²) in [5.74, 6) is -1.30. The van der Waals surface area contributed by atoms with Crippen LogP contribution in [-0.2, 0) is 29.0 Å². The van der Waals surface area contributed by atoms with Crippen LogP contribution in [0.25, 0.3) is 10.9 Å². The fourth-order valence-corrected chi connectivity index (χ4v) is 5.03. The van der Waals surface area contributed by atoms with Gasteiger partial charge in [-0.2, -0.15) is 0 Å². The summed E-state index contributed by atoms with van der Waals surface area (Å²) in [4.78, 5) is 35.7. The molecular formula is C25H20FN3O3S. The molecule has 0 spiro atoms. The van der Waals surface area contributed by atoms with Crippen molar-refractivity contribution in [2.75, 3.05) is 4.90 Å². The van der Waals surface area contributed by atoms with Gasteiger partial charge >= 0.3 is 5.97 Å². The third-order valence-corrected chi connectivity index (χ3v) is 6.49. The lowest BCUT2D eigenvalue weighted by Gasteiger charge is -2.18. The van der Waals surface area contributed by atoms with Crippen LogP contribution in [0.3, 0.4) is 0 Å². The van der Waals surface area contributed by atoms with Crippen LogP contribution in [0.2, 0.25) is 0 Å². The second-order valence-electron chi connectivity index (χ2n) is 7.79. The van der Waals surface area contributed by atoms with E-state index in [1.807, 2.05) is 24.3 Å². The van der Waals surface area contributed by atoms with Crippen LogP contribution in [-0.4, -0.2) is 21.8 Å². The normalized spacial score (nSPS) is 12.5. The number of benzene rings is 2. The standard InChI is InChI=1S/C25H20FN3O3S/c1-15(30)29(22-12-5-3-9-19(22)26)25-27-16(14-33-25)13-32-24(31)23-17-7-2-4-10-20(17)28-21-11-6-8-18(21)23/h2-5,7,9-10,12,14H,6,8,11,13H2,1H3. The van der Waals surface area contributed by atoms with Gasteiger partial charge in [-0.15, -0.1) is 11.3 Å². The third kappa shape index (κ3) is 3.98. The minimum Gasteiger partial charge on any atom is -0.456 e. The lowest BCUT2D eigenvalue weighted by Crippen LogP contribution is -2.23. The molecule has 1 amide bonds. The Morgan fingerprint density at radius 2 is 1.88 bits per heavy atom. The summed E-state index contributed by atoms with van der Waals surface area (Å²) in [6.07, 6.45) is 2.62. The van der Waals surface area contributed by atoms with Gasteiger partial charge in [-0.25, -0.2) is 14.2 Å². The smallest absolute Gasteiger partial charge is 0.339 e. The van der Waals surface area contributed by atoms with E-state index in [0.717, 1.165) is 41.4 Å². The van der Waals surface area contributed by atoms with E-state index < -0.39 is 11.8 Å². The molecule has 1 aliphatic carbocycles. The highest BCUT2D eigenvalue weighted by Gasteiger charge is 2.25. The summed E-state index contributed by atoms with van der Waals surface area (Å²) >= 11 is 1.19. The van der Waals surface area contributed by atoms with Crippen LogP contribution in [0.1, 0.15) is 40.7 Å². The zero-order valence-electron chi connectivity index (χ0n) is 17.9. The maximum atomic E-state index is 14.3. The Morgan fingerprint density at radius 1 is 1.09 bits per heavy atom. The minimum absolute atomic E-state index is 0.0518. The monoisotopic (exact) mass is 461 g/mol. The first-order valence-corrected chi connectivity index (χ1v) is 11.5. The number of pyridine rings is 1. The number of hydrogen-bond donors (Lipinski definition) is 0. The Balaban J connectivity index is 1.39. The maximum Gasteiger partial charge on any atom is 0.339 e. The molecule has 6 nitrogen and oxygen atoms in total. The largest absolute Gasteiger partial charge is 0.456 e. The molecular weight excluding hydrogens is 441 g/mol. The molecule has 0 atom stereocenters. The van der Waals surface area contributed by atoms with Crippen LogP contribution in [0.4, 0.5) is 15.2 Å². The van der Waals surface area contributed by atoms with Gasteiger partial charge in [-0.05, 0) is 43.0 Å². The fraction of sp³-hybridized carbons (Fsp3) is 0.200. The highest BCUT2D eigenvalue weighted by Crippen LogP contribution is 2.32. The van der Waals surface area contributed by atoms with Crippen molar-refractivity contribution < 1.29 is 18.7 Å². The Hall–Kier alpha value is -3.65. The van der Waals surface area contributed by atoms with Crippen molar-refractivity contribution in [3.05, 3.63) is 82.2 Å². The Bertz CT molecular complexity index is 1380. The maximum absolute atomic E-state index is 14.3. The Kier molecular flexibility index (Phi) is 5.60. The van der Waals surface area contributed by atoms with Gasteiger partial charge in [0.05, 0.1) is 22.5 Å². The number of aryl methyl sites for hydroxylation is 1. The van der Waals surface area contributed by atoms with Gasteiger partial charge in [0.25, 0.3) is 0 Å². The molecule has 0 unspecified atom stereocenters. The second-order valence-corrected chi connectivity index (χ2v) is 8.62. The molecule has 0 bridgehead atoms. The van der Waals surface area contributed by atoms with Crippen LogP contribution >= 0.6 is 11.3 Å². The van der Waals surface area contributed by atoms with Crippen LogP contribution in [0.5, 0.6) is 0 Å². The summed E-state index contributed by atoms with van der Waals surface area (Å²) in [5, 5.41) is 2.80. The predicted molar refractivity (Wildman–Crippen MR) is 124 cm³/mol. The van der Waals surface area contributed by atoms with Crippen molar-refractivity contribution in [1.82, 2.24) is 9.97 Å². The first kappa shape index (κ1) is 21.2. The van der Waals surface area contributed by atoms with Crippen molar-refractivity contribution in [3.8, 4) is 0 Å². The summed E-state index contributed by atoms with van der Waals surface area (Å²) in [7, 11) is 0. The number of aromatic nitrogens is 2. The molecule has 0 radical (unpaired) electrons. The number of hydrogen-bond acceptors (Lipinski definition) is 6. The zero-order chi connectivity index (χ0) is 22.9. The number of carbonyl (C=O) groups excluding carboxylic acids is 2. The van der Waals surface area contributed by atoms with Gasteiger partial charge in [0.15, 0.2) is 5.13 Å². The number of rotatable bonds is 5. The van der Waals surface area contributed by atoms with E-state index in [0.29, 0.717) is 16.4 Å². The minimum atomic E-state index is -0.519. The second kappa shape index (κ2) is 8.71. The van der Waals surface area contributed by atoms with E-state index >= 15 is 0 Å². The molecule has 5 rings (SSSR count). The molecule has 33 heavy (non-hydrogen) atoms. The average Bonchev–Trinajstić information content (AvgIpc) is 3.46. The number of ether oxygens (including phenoxy) is 1. The number of fused-ring (bicyclic) bond motifs is 2. The predicted octanol–water partition coefficient (Wildman–Crippen LogP) is 5.36. The zero-order valence-corrected chi connectivity index (χ0v) is 18.7. The lowest BCUT2D eigenvalue weighted by atomic mass is 10.0. The van der Waals surface area contributed by atoms with Gasteiger partial charge < -0.3 is 4.74 Å². The molecule has 8 heteroatoms. The Labute approximate surface area is 193 Å². The summed E-state index contributed by atoms with van der Waals surface area (Å²) in [6, 6.07) is 13.6. The quantitative estimate of drug-likeness (QED) is 0.374. The van der Waals surface area contributed by atoms with E-state index in [1.54, 1.807) is 17.5 Å². The summed E-state index contributed by atoms with van der Waals surface area (Å²) < 4.78 is 19.9. The molecule has 4 aromatic rings. The van der Waals surface area contributed by atoms with Gasteiger partial charge in [-0.3, -0.25) is 14.7 Å². The van der Waals surface area contributed by atoms with E-state index in [1.165, 1.54) is 35.3 Å². The van der Waals surface area contributed by atoms with Crippen molar-refractivity contribution in [2.45, 2.75) is 32.8 Å². The first-order chi connectivity index (χ1) is 16.0. The van der Waals surface area contributed by atoms with E-state index in [-0.39, 0.29) is 18.2 Å². The number of thiazole rings is 1. The van der Waals surface area contributed by atoms with E-state index in [9.17, 15) is 14.0 Å². The molecule has 1 aliphatic rings. The number of halogens is 1. The van der Waals surface area contributed by atoms with Crippen molar-refractivity contribution >= 4 is 44.9 Å². The molecule has 0 saturated heterocycles. The van der Waals surface area contributed by atoms with Crippen molar-refractivity contribution in [3.63, 3.8) is 0 Å². The number of anilines is 2. The molecule has 0 fully saturated rings. The molecule has 2 heterocycles. The van der Waals surface area contributed by atoms with Gasteiger partial charge in [0, 0.05) is 23.4 Å². The summed E-state index contributed by atoms with van der Waals surface area (Å²) in [6.45, 7) is 1.30. The molecule has 166 valence electrons. The number of esters is 1. The number of para-hydroxylation sites is 2. The number of carbonyl (C=O) groups is 2.